The summed E-state index contributed by atoms with van der Waals surface area (Å²) >= 11 is 0. The summed E-state index contributed by atoms with van der Waals surface area (Å²) in [6, 6.07) is 14.7. The molecule has 0 unspecified atom stereocenters. The number of imidazole rings is 1. The first-order valence-corrected chi connectivity index (χ1v) is 11.8. The molecular formula is C26H31N5O4. The molecular weight excluding hydrogens is 446 g/mol. The van der Waals surface area contributed by atoms with Crippen LogP contribution >= 0.6 is 0 Å². The summed E-state index contributed by atoms with van der Waals surface area (Å²) in [5.41, 5.74) is 1.87. The molecule has 0 spiro atoms. The molecule has 0 radical (unpaired) electrons. The Bertz CT molecular complexity index is 1130. The molecule has 1 aromatic heterocycles. The zero-order valence-electron chi connectivity index (χ0n) is 19.8. The third kappa shape index (κ3) is 6.60. The highest BCUT2D eigenvalue weighted by Gasteiger charge is 2.21. The minimum Gasteiger partial charge on any atom is -0.493 e. The van der Waals surface area contributed by atoms with E-state index in [0.717, 1.165) is 17.0 Å². The Balaban J connectivity index is 1.53. The van der Waals surface area contributed by atoms with Gasteiger partial charge in [0.15, 0.2) is 11.5 Å². The molecule has 0 saturated carbocycles. The van der Waals surface area contributed by atoms with E-state index in [9.17, 15) is 9.59 Å². The molecule has 2 amide bonds. The first-order valence-electron chi connectivity index (χ1n) is 11.8. The maximum Gasteiger partial charge on any atom is 0.242 e. The summed E-state index contributed by atoms with van der Waals surface area (Å²) in [5, 5.41) is 8.95. The van der Waals surface area contributed by atoms with Crippen LogP contribution in [0.1, 0.15) is 12.0 Å². The average Bonchev–Trinajstić information content (AvgIpc) is 3.34. The average molecular weight is 478 g/mol. The molecule has 2 heterocycles. The van der Waals surface area contributed by atoms with Crippen molar-refractivity contribution in [3.63, 3.8) is 0 Å². The number of methoxy groups -OCH3 is 1. The normalized spacial score (nSPS) is 17.7. The number of rotatable bonds is 3. The van der Waals surface area contributed by atoms with Crippen LogP contribution in [0, 0.1) is 0 Å². The summed E-state index contributed by atoms with van der Waals surface area (Å²) in [5.74, 6) is 1.60. The van der Waals surface area contributed by atoms with Crippen molar-refractivity contribution in [2.24, 2.45) is 0 Å². The Labute approximate surface area is 204 Å². The van der Waals surface area contributed by atoms with E-state index < -0.39 is 6.04 Å². The predicted octanol–water partition coefficient (Wildman–Crippen LogP) is 1.77. The Kier molecular flexibility index (Phi) is 8.34. The lowest BCUT2D eigenvalue weighted by Gasteiger charge is -2.20. The maximum atomic E-state index is 13.0. The van der Waals surface area contributed by atoms with Crippen molar-refractivity contribution >= 4 is 11.8 Å². The van der Waals surface area contributed by atoms with E-state index in [-0.39, 0.29) is 18.4 Å². The molecule has 9 nitrogen and oxygen atoms in total. The topological polar surface area (TPSA) is 107 Å². The van der Waals surface area contributed by atoms with Crippen LogP contribution in [0.4, 0.5) is 0 Å². The van der Waals surface area contributed by atoms with Crippen LogP contribution in [-0.2, 0) is 22.6 Å². The molecule has 1 aliphatic rings. The van der Waals surface area contributed by atoms with E-state index in [1.54, 1.807) is 13.3 Å². The van der Waals surface area contributed by atoms with Gasteiger partial charge in [-0.05, 0) is 36.7 Å². The van der Waals surface area contributed by atoms with Crippen LogP contribution in [0.25, 0.3) is 11.4 Å². The van der Waals surface area contributed by atoms with E-state index in [0.29, 0.717) is 50.6 Å². The number of hydrogen-bond donors (Lipinski definition) is 3. The fourth-order valence-electron chi connectivity index (χ4n) is 3.99. The minimum atomic E-state index is -0.666. The second kappa shape index (κ2) is 12.0. The van der Waals surface area contributed by atoms with Crippen molar-refractivity contribution in [2.75, 3.05) is 33.4 Å². The van der Waals surface area contributed by atoms with Crippen molar-refractivity contribution in [1.29, 1.82) is 0 Å². The minimum absolute atomic E-state index is 0.121. The fraction of sp³-hybridized carbons (Fsp3) is 0.346. The van der Waals surface area contributed by atoms with Gasteiger partial charge in [0, 0.05) is 37.5 Å². The second-order valence-corrected chi connectivity index (χ2v) is 8.29. The van der Waals surface area contributed by atoms with Crippen LogP contribution in [0.5, 0.6) is 11.5 Å². The molecule has 4 rings (SSSR count). The lowest BCUT2D eigenvalue weighted by atomic mass is 10.1. The van der Waals surface area contributed by atoms with Gasteiger partial charge in [-0.1, -0.05) is 30.3 Å². The zero-order valence-corrected chi connectivity index (χ0v) is 19.8. The summed E-state index contributed by atoms with van der Waals surface area (Å²) < 4.78 is 13.4. The van der Waals surface area contributed by atoms with Gasteiger partial charge < -0.3 is 30.0 Å². The molecule has 2 aromatic carbocycles. The number of aromatic nitrogens is 2. The standard InChI is InChI=1S/C26H31N5O4/c1-34-22-9-8-20-17-23(22)35-15-5-10-27-18-24(32)30-21(16-19-6-3-2-4-7-19)26(33)29-12-14-31-13-11-28-25(20)31/h2-4,6-9,11,13,17,21,27H,5,10,12,14-16,18H2,1H3,(H,29,33)(H,30,32)/t21-/m0/s1. The smallest absolute Gasteiger partial charge is 0.242 e. The van der Waals surface area contributed by atoms with Crippen LogP contribution in [0.2, 0.25) is 0 Å². The lowest BCUT2D eigenvalue weighted by Crippen LogP contribution is -2.50. The number of benzene rings is 2. The van der Waals surface area contributed by atoms with Crippen molar-refractivity contribution in [3.05, 3.63) is 66.5 Å². The van der Waals surface area contributed by atoms with Crippen molar-refractivity contribution in [2.45, 2.75) is 25.4 Å². The lowest BCUT2D eigenvalue weighted by molar-refractivity contribution is -0.128. The Morgan fingerprint density at radius 1 is 1.14 bits per heavy atom. The van der Waals surface area contributed by atoms with Gasteiger partial charge in [0.2, 0.25) is 11.8 Å². The zero-order chi connectivity index (χ0) is 24.5. The molecule has 1 atom stereocenters. The third-order valence-electron chi connectivity index (χ3n) is 5.76. The van der Waals surface area contributed by atoms with E-state index in [1.165, 1.54) is 0 Å². The van der Waals surface area contributed by atoms with Gasteiger partial charge in [0.05, 0.1) is 20.3 Å². The summed E-state index contributed by atoms with van der Waals surface area (Å²) in [4.78, 5) is 30.1. The Morgan fingerprint density at radius 2 is 2.00 bits per heavy atom. The first-order chi connectivity index (χ1) is 17.1. The van der Waals surface area contributed by atoms with Crippen LogP contribution in [0.15, 0.2) is 60.9 Å². The van der Waals surface area contributed by atoms with Crippen molar-refractivity contribution < 1.29 is 19.1 Å². The molecule has 9 heteroatoms. The second-order valence-electron chi connectivity index (χ2n) is 8.29. The van der Waals surface area contributed by atoms with Gasteiger partial charge in [-0.15, -0.1) is 0 Å². The molecule has 1 aliphatic heterocycles. The van der Waals surface area contributed by atoms with E-state index in [1.807, 2.05) is 59.3 Å². The van der Waals surface area contributed by atoms with Gasteiger partial charge >= 0.3 is 0 Å². The quantitative estimate of drug-likeness (QED) is 0.531. The number of amides is 2. The number of hydrogen-bond acceptors (Lipinski definition) is 6. The molecule has 184 valence electrons. The molecule has 3 N–H and O–H groups in total. The predicted molar refractivity (Wildman–Crippen MR) is 132 cm³/mol. The third-order valence-corrected chi connectivity index (χ3v) is 5.76. The number of fused-ring (bicyclic) bond motifs is 4. The number of carbonyl (C=O) groups excluding carboxylic acids is 2. The summed E-state index contributed by atoms with van der Waals surface area (Å²) in [7, 11) is 1.61. The summed E-state index contributed by atoms with van der Waals surface area (Å²) in [6.45, 7) is 2.09. The van der Waals surface area contributed by atoms with Crippen LogP contribution < -0.4 is 25.4 Å². The SMILES string of the molecule is COc1ccc2cc1OCCCNCC(=O)N[C@@H](Cc1ccccc1)C(=O)NCCn1ccnc1-2. The van der Waals surface area contributed by atoms with E-state index >= 15 is 0 Å². The molecule has 0 saturated heterocycles. The van der Waals surface area contributed by atoms with Gasteiger partial charge in [0.25, 0.3) is 0 Å². The monoisotopic (exact) mass is 477 g/mol. The Morgan fingerprint density at radius 3 is 2.83 bits per heavy atom. The number of nitrogens with one attached hydrogen (secondary N) is 3. The maximum absolute atomic E-state index is 13.0. The summed E-state index contributed by atoms with van der Waals surface area (Å²) in [6.07, 6.45) is 4.72. The van der Waals surface area contributed by atoms with Crippen LogP contribution in [-0.4, -0.2) is 60.8 Å². The van der Waals surface area contributed by atoms with E-state index in [2.05, 4.69) is 20.9 Å². The van der Waals surface area contributed by atoms with Crippen LogP contribution in [0.3, 0.4) is 0 Å². The Hall–Kier alpha value is -3.85. The number of ether oxygens (including phenoxy) is 2. The molecule has 35 heavy (non-hydrogen) atoms. The molecule has 3 aromatic rings. The highest BCUT2D eigenvalue weighted by atomic mass is 16.5. The van der Waals surface area contributed by atoms with Crippen molar-refractivity contribution in [3.8, 4) is 22.9 Å². The molecule has 2 bridgehead atoms. The van der Waals surface area contributed by atoms with Gasteiger partial charge in [-0.2, -0.15) is 0 Å². The highest BCUT2D eigenvalue weighted by molar-refractivity contribution is 5.88. The number of carbonyl (C=O) groups is 2. The van der Waals surface area contributed by atoms with Gasteiger partial charge in [-0.3, -0.25) is 9.59 Å². The van der Waals surface area contributed by atoms with Gasteiger partial charge in [0.1, 0.15) is 11.9 Å². The largest absolute Gasteiger partial charge is 0.493 e. The highest BCUT2D eigenvalue weighted by Crippen LogP contribution is 2.32. The fourth-order valence-corrected chi connectivity index (χ4v) is 3.99. The molecule has 0 aliphatic carbocycles. The molecule has 0 fully saturated rings. The van der Waals surface area contributed by atoms with Crippen molar-refractivity contribution in [1.82, 2.24) is 25.5 Å². The first kappa shape index (κ1) is 24.3. The number of nitrogens with zero attached hydrogens (tertiary/aromatic N) is 2. The van der Waals surface area contributed by atoms with Gasteiger partial charge in [-0.25, -0.2) is 4.98 Å². The van der Waals surface area contributed by atoms with E-state index in [4.69, 9.17) is 9.47 Å².